The van der Waals surface area contributed by atoms with Crippen molar-refractivity contribution in [3.63, 3.8) is 0 Å². The van der Waals surface area contributed by atoms with Gasteiger partial charge in [-0.05, 0) is 6.07 Å². The SMILES string of the molecule is CC(C)c1nnc2sc(-c3cc(F)c(F)c(O)c3F)nn12. The van der Waals surface area contributed by atoms with Crippen LogP contribution in [0.4, 0.5) is 13.2 Å². The Morgan fingerprint density at radius 2 is 1.90 bits per heavy atom. The second kappa shape index (κ2) is 4.69. The smallest absolute Gasteiger partial charge is 0.234 e. The van der Waals surface area contributed by atoms with Crippen LogP contribution >= 0.6 is 11.3 Å². The van der Waals surface area contributed by atoms with Gasteiger partial charge in [0.15, 0.2) is 28.2 Å². The summed E-state index contributed by atoms with van der Waals surface area (Å²) in [6.45, 7) is 3.78. The molecule has 0 aliphatic carbocycles. The summed E-state index contributed by atoms with van der Waals surface area (Å²) in [7, 11) is 0. The molecule has 0 atom stereocenters. The zero-order chi connectivity index (χ0) is 15.3. The molecule has 0 unspecified atom stereocenters. The summed E-state index contributed by atoms with van der Waals surface area (Å²) in [5.74, 6) is -4.98. The van der Waals surface area contributed by atoms with E-state index in [1.165, 1.54) is 4.52 Å². The number of aromatic nitrogens is 4. The number of phenols is 1. The van der Waals surface area contributed by atoms with Crippen molar-refractivity contribution in [2.24, 2.45) is 0 Å². The van der Waals surface area contributed by atoms with Crippen molar-refractivity contribution in [2.75, 3.05) is 0 Å². The predicted molar refractivity (Wildman–Crippen MR) is 69.7 cm³/mol. The molecular formula is C12H9F3N4OS. The Labute approximate surface area is 120 Å². The molecule has 5 nitrogen and oxygen atoms in total. The zero-order valence-corrected chi connectivity index (χ0v) is 11.7. The molecule has 0 aliphatic rings. The van der Waals surface area contributed by atoms with E-state index in [0.29, 0.717) is 16.9 Å². The molecule has 9 heteroatoms. The first-order valence-electron chi connectivity index (χ1n) is 5.99. The number of fused-ring (bicyclic) bond motifs is 1. The summed E-state index contributed by atoms with van der Waals surface area (Å²) >= 11 is 0.964. The molecule has 0 fully saturated rings. The van der Waals surface area contributed by atoms with E-state index in [0.717, 1.165) is 11.3 Å². The van der Waals surface area contributed by atoms with Crippen molar-refractivity contribution in [3.8, 4) is 16.3 Å². The maximum atomic E-state index is 13.9. The van der Waals surface area contributed by atoms with E-state index in [2.05, 4.69) is 15.3 Å². The minimum Gasteiger partial charge on any atom is -0.503 e. The van der Waals surface area contributed by atoms with Crippen molar-refractivity contribution >= 4 is 16.3 Å². The van der Waals surface area contributed by atoms with E-state index in [9.17, 15) is 18.3 Å². The predicted octanol–water partition coefficient (Wildman–Crippen LogP) is 3.10. The first-order valence-corrected chi connectivity index (χ1v) is 6.80. The van der Waals surface area contributed by atoms with Crippen LogP contribution < -0.4 is 0 Å². The summed E-state index contributed by atoms with van der Waals surface area (Å²) < 4.78 is 41.7. The number of hydrogen-bond donors (Lipinski definition) is 1. The topological polar surface area (TPSA) is 63.3 Å². The molecule has 0 radical (unpaired) electrons. The van der Waals surface area contributed by atoms with Gasteiger partial charge in [0.05, 0.1) is 5.56 Å². The number of benzene rings is 1. The molecule has 1 N–H and O–H groups in total. The average molecular weight is 314 g/mol. The lowest BCUT2D eigenvalue weighted by molar-refractivity contribution is 0.377. The quantitative estimate of drug-likeness (QED) is 0.738. The lowest BCUT2D eigenvalue weighted by atomic mass is 10.2. The van der Waals surface area contributed by atoms with Gasteiger partial charge in [0.1, 0.15) is 0 Å². The summed E-state index contributed by atoms with van der Waals surface area (Å²) in [5.41, 5.74) is -0.323. The zero-order valence-electron chi connectivity index (χ0n) is 10.9. The molecule has 21 heavy (non-hydrogen) atoms. The number of halogens is 3. The molecule has 3 aromatic rings. The molecule has 0 aliphatic heterocycles. The average Bonchev–Trinajstić information content (AvgIpc) is 2.99. The molecule has 0 saturated heterocycles. The van der Waals surface area contributed by atoms with Gasteiger partial charge in [-0.25, -0.2) is 8.78 Å². The van der Waals surface area contributed by atoms with Crippen molar-refractivity contribution in [3.05, 3.63) is 29.3 Å². The van der Waals surface area contributed by atoms with Gasteiger partial charge in [-0.3, -0.25) is 0 Å². The first kappa shape index (κ1) is 13.8. The summed E-state index contributed by atoms with van der Waals surface area (Å²) in [4.78, 5) is 0.400. The summed E-state index contributed by atoms with van der Waals surface area (Å²) in [6.07, 6.45) is 0. The van der Waals surface area contributed by atoms with Crippen LogP contribution in [0.25, 0.3) is 15.5 Å². The molecule has 1 aromatic carbocycles. The Bertz CT molecular complexity index is 843. The van der Waals surface area contributed by atoms with Crippen LogP contribution in [0.15, 0.2) is 6.07 Å². The monoisotopic (exact) mass is 314 g/mol. The van der Waals surface area contributed by atoms with Gasteiger partial charge in [0.25, 0.3) is 0 Å². The largest absolute Gasteiger partial charge is 0.503 e. The molecule has 3 rings (SSSR count). The number of nitrogens with zero attached hydrogens (tertiary/aromatic N) is 4. The first-order chi connectivity index (χ1) is 9.90. The van der Waals surface area contributed by atoms with Crippen molar-refractivity contribution < 1.29 is 18.3 Å². The lowest BCUT2D eigenvalue weighted by Gasteiger charge is -2.03. The fourth-order valence-corrected chi connectivity index (χ4v) is 2.70. The summed E-state index contributed by atoms with van der Waals surface area (Å²) in [5, 5.41) is 21.3. The van der Waals surface area contributed by atoms with Crippen LogP contribution in [0.1, 0.15) is 25.6 Å². The Kier molecular flexibility index (Phi) is 3.08. The van der Waals surface area contributed by atoms with Crippen molar-refractivity contribution in [2.45, 2.75) is 19.8 Å². The Hall–Kier alpha value is -2.16. The molecule has 2 heterocycles. The minimum absolute atomic E-state index is 0.0400. The van der Waals surface area contributed by atoms with Gasteiger partial charge >= 0.3 is 0 Å². The van der Waals surface area contributed by atoms with Crippen molar-refractivity contribution in [1.29, 1.82) is 0 Å². The summed E-state index contributed by atoms with van der Waals surface area (Å²) in [6, 6.07) is 0.658. The molecule has 110 valence electrons. The Morgan fingerprint density at radius 1 is 1.19 bits per heavy atom. The van der Waals surface area contributed by atoms with Crippen LogP contribution in [0.5, 0.6) is 5.75 Å². The van der Waals surface area contributed by atoms with E-state index in [-0.39, 0.29) is 16.5 Å². The van der Waals surface area contributed by atoms with Crippen LogP contribution in [0, 0.1) is 17.5 Å². The fraction of sp³-hybridized carbons (Fsp3) is 0.250. The van der Waals surface area contributed by atoms with Crippen LogP contribution in [-0.2, 0) is 0 Å². The molecule has 0 amide bonds. The van der Waals surface area contributed by atoms with Gasteiger partial charge in [0, 0.05) is 5.92 Å². The highest BCUT2D eigenvalue weighted by atomic mass is 32.1. The normalized spacial score (nSPS) is 11.7. The van der Waals surface area contributed by atoms with Crippen LogP contribution in [-0.4, -0.2) is 24.9 Å². The van der Waals surface area contributed by atoms with Crippen LogP contribution in [0.3, 0.4) is 0 Å². The van der Waals surface area contributed by atoms with Gasteiger partial charge in [0.2, 0.25) is 10.8 Å². The highest BCUT2D eigenvalue weighted by Gasteiger charge is 2.23. The van der Waals surface area contributed by atoms with Gasteiger partial charge in [-0.15, -0.1) is 10.2 Å². The van der Waals surface area contributed by atoms with Crippen LogP contribution in [0.2, 0.25) is 0 Å². The highest BCUT2D eigenvalue weighted by Crippen LogP contribution is 2.34. The second-order valence-electron chi connectivity index (χ2n) is 4.70. The molecule has 2 aromatic heterocycles. The van der Waals surface area contributed by atoms with E-state index in [1.807, 2.05) is 13.8 Å². The third-order valence-corrected chi connectivity index (χ3v) is 3.83. The Morgan fingerprint density at radius 3 is 2.57 bits per heavy atom. The highest BCUT2D eigenvalue weighted by molar-refractivity contribution is 7.19. The lowest BCUT2D eigenvalue weighted by Crippen LogP contribution is -1.99. The molecule has 0 bridgehead atoms. The maximum Gasteiger partial charge on any atom is 0.234 e. The fourth-order valence-electron chi connectivity index (χ4n) is 1.85. The molecule has 0 saturated carbocycles. The van der Waals surface area contributed by atoms with Gasteiger partial charge < -0.3 is 5.11 Å². The molecule has 0 spiro atoms. The standard InChI is InChI=1S/C12H9F3N4OS/c1-4(2)10-16-17-12-19(10)18-11(21-12)5-3-6(13)8(15)9(20)7(5)14/h3-4,20H,1-2H3. The van der Waals surface area contributed by atoms with Gasteiger partial charge in [-0.2, -0.15) is 14.0 Å². The number of rotatable bonds is 2. The van der Waals surface area contributed by atoms with E-state index in [1.54, 1.807) is 0 Å². The van der Waals surface area contributed by atoms with E-state index in [4.69, 9.17) is 0 Å². The third-order valence-electron chi connectivity index (χ3n) is 2.89. The second-order valence-corrected chi connectivity index (χ2v) is 5.65. The maximum absolute atomic E-state index is 13.9. The van der Waals surface area contributed by atoms with Gasteiger partial charge in [-0.1, -0.05) is 25.2 Å². The minimum atomic E-state index is -1.62. The number of aromatic hydroxyl groups is 1. The Balaban J connectivity index is 2.22. The van der Waals surface area contributed by atoms with Crippen molar-refractivity contribution in [1.82, 2.24) is 19.8 Å². The third kappa shape index (κ3) is 2.04. The van der Waals surface area contributed by atoms with E-state index < -0.39 is 23.2 Å². The van der Waals surface area contributed by atoms with E-state index >= 15 is 0 Å². The number of hydrogen-bond acceptors (Lipinski definition) is 5. The molecular weight excluding hydrogens is 305 g/mol. The number of phenolic OH excluding ortho intramolecular Hbond substituents is 1.